The van der Waals surface area contributed by atoms with E-state index in [1.165, 1.54) is 0 Å². The lowest BCUT2D eigenvalue weighted by atomic mass is 10.0. The number of methoxy groups -OCH3 is 1. The summed E-state index contributed by atoms with van der Waals surface area (Å²) < 4.78 is 11.5. The van der Waals surface area contributed by atoms with Crippen LogP contribution in [0.25, 0.3) is 33.4 Å². The van der Waals surface area contributed by atoms with Gasteiger partial charge < -0.3 is 25.1 Å². The number of rotatable bonds is 7. The van der Waals surface area contributed by atoms with Crippen LogP contribution >= 0.6 is 0 Å². The average Bonchev–Trinajstić information content (AvgIpc) is 2.95. The van der Waals surface area contributed by atoms with Gasteiger partial charge in [0.2, 0.25) is 5.95 Å². The van der Waals surface area contributed by atoms with Gasteiger partial charge in [-0.15, -0.1) is 0 Å². The standard InChI is InChI=1S/C28H28N6O2/c1-30-12-10-23(29)19-5-3-6-21(17-19)25-27(35-2)26(33-28(32-25)34-13-15-36-16-14-34)22-8-9-24-20(18-22)7-4-11-31-24/h3-12,17-18,29-30H,13-16H2,1-2H3/b12-10-,29-23?. The molecule has 0 aliphatic carbocycles. The van der Waals surface area contributed by atoms with Crippen molar-refractivity contribution in [1.29, 1.82) is 5.41 Å². The largest absolute Gasteiger partial charge is 0.492 e. The molecule has 8 heteroatoms. The zero-order valence-electron chi connectivity index (χ0n) is 20.4. The van der Waals surface area contributed by atoms with Crippen molar-refractivity contribution in [1.82, 2.24) is 20.3 Å². The van der Waals surface area contributed by atoms with Gasteiger partial charge in [-0.05, 0) is 36.5 Å². The summed E-state index contributed by atoms with van der Waals surface area (Å²) >= 11 is 0. The third-order valence-corrected chi connectivity index (χ3v) is 6.09. The van der Waals surface area contributed by atoms with E-state index in [-0.39, 0.29) is 0 Å². The van der Waals surface area contributed by atoms with Gasteiger partial charge in [-0.25, -0.2) is 9.97 Å². The van der Waals surface area contributed by atoms with E-state index in [1.807, 2.05) is 55.6 Å². The summed E-state index contributed by atoms with van der Waals surface area (Å²) in [6.07, 6.45) is 5.26. The number of pyridine rings is 1. The number of allylic oxidation sites excluding steroid dienone is 1. The van der Waals surface area contributed by atoms with Gasteiger partial charge in [-0.2, -0.15) is 0 Å². The maximum absolute atomic E-state index is 8.43. The number of ether oxygens (including phenoxy) is 2. The number of fused-ring (bicyclic) bond motifs is 1. The van der Waals surface area contributed by atoms with Crippen molar-refractivity contribution < 1.29 is 9.47 Å². The summed E-state index contributed by atoms with van der Waals surface area (Å²) in [6, 6.07) is 17.9. The number of nitrogens with one attached hydrogen (secondary N) is 2. The van der Waals surface area contributed by atoms with Gasteiger partial charge in [0.15, 0.2) is 5.75 Å². The van der Waals surface area contributed by atoms with Gasteiger partial charge in [0.1, 0.15) is 11.4 Å². The summed E-state index contributed by atoms with van der Waals surface area (Å²) in [5.41, 5.74) is 5.27. The molecule has 0 bridgehead atoms. The maximum atomic E-state index is 8.43. The molecular formula is C28H28N6O2. The Morgan fingerprint density at radius 3 is 2.56 bits per heavy atom. The fraction of sp³-hybridized carbons (Fsp3) is 0.214. The van der Waals surface area contributed by atoms with Crippen molar-refractivity contribution in [2.75, 3.05) is 45.4 Å². The molecule has 0 spiro atoms. The Labute approximate surface area is 210 Å². The van der Waals surface area contributed by atoms with Gasteiger partial charge >= 0.3 is 0 Å². The molecule has 36 heavy (non-hydrogen) atoms. The first-order valence-corrected chi connectivity index (χ1v) is 11.8. The van der Waals surface area contributed by atoms with E-state index in [0.29, 0.717) is 55.1 Å². The molecular weight excluding hydrogens is 452 g/mol. The van der Waals surface area contributed by atoms with Crippen LogP contribution in [0.5, 0.6) is 5.75 Å². The predicted octanol–water partition coefficient (Wildman–Crippen LogP) is 4.30. The molecule has 182 valence electrons. The van der Waals surface area contributed by atoms with Crippen LogP contribution < -0.4 is 15.0 Å². The molecule has 1 fully saturated rings. The SMILES string of the molecule is CN/C=C\C(=N)c1cccc(-c2nc(N3CCOCC3)nc(-c3ccc4ncccc4c3)c2OC)c1. The highest BCUT2D eigenvalue weighted by atomic mass is 16.5. The fourth-order valence-electron chi connectivity index (χ4n) is 4.25. The zero-order chi connectivity index (χ0) is 24.9. The molecule has 0 saturated carbocycles. The van der Waals surface area contributed by atoms with Crippen LogP contribution in [0.2, 0.25) is 0 Å². The molecule has 4 aromatic rings. The number of benzene rings is 2. The lowest BCUT2D eigenvalue weighted by Gasteiger charge is -2.28. The van der Waals surface area contributed by atoms with Gasteiger partial charge in [0.25, 0.3) is 0 Å². The van der Waals surface area contributed by atoms with Crippen LogP contribution in [0.1, 0.15) is 5.56 Å². The lowest BCUT2D eigenvalue weighted by molar-refractivity contribution is 0.122. The monoisotopic (exact) mass is 480 g/mol. The van der Waals surface area contributed by atoms with E-state index in [1.54, 1.807) is 25.6 Å². The first-order chi connectivity index (χ1) is 17.7. The molecule has 1 aliphatic heterocycles. The number of hydrogen-bond donors (Lipinski definition) is 2. The van der Waals surface area contributed by atoms with Gasteiger partial charge in [-0.3, -0.25) is 4.98 Å². The van der Waals surface area contributed by atoms with E-state index in [0.717, 1.165) is 27.6 Å². The summed E-state index contributed by atoms with van der Waals surface area (Å²) in [5, 5.41) is 12.4. The van der Waals surface area contributed by atoms with Gasteiger partial charge in [0, 0.05) is 48.4 Å². The Bertz CT molecular complexity index is 1430. The third kappa shape index (κ3) is 4.76. The Balaban J connectivity index is 1.69. The highest BCUT2D eigenvalue weighted by molar-refractivity contribution is 6.07. The Hall–Kier alpha value is -4.30. The number of anilines is 1. The number of aromatic nitrogens is 3. The van der Waals surface area contributed by atoms with Crippen LogP contribution in [0.4, 0.5) is 5.95 Å². The third-order valence-electron chi connectivity index (χ3n) is 6.09. The van der Waals surface area contributed by atoms with Crippen molar-refractivity contribution in [3.05, 3.63) is 78.6 Å². The molecule has 3 heterocycles. The molecule has 0 amide bonds. The van der Waals surface area contributed by atoms with Crippen molar-refractivity contribution >= 4 is 22.6 Å². The molecule has 2 aromatic carbocycles. The van der Waals surface area contributed by atoms with Crippen LogP contribution in [-0.4, -0.2) is 61.1 Å². The second-order valence-corrected chi connectivity index (χ2v) is 8.38. The molecule has 0 atom stereocenters. The number of nitrogens with zero attached hydrogens (tertiary/aromatic N) is 4. The second-order valence-electron chi connectivity index (χ2n) is 8.38. The van der Waals surface area contributed by atoms with Gasteiger partial charge in [-0.1, -0.05) is 30.3 Å². The Morgan fingerprint density at radius 1 is 1.03 bits per heavy atom. The average molecular weight is 481 g/mol. The molecule has 8 nitrogen and oxygen atoms in total. The summed E-state index contributed by atoms with van der Waals surface area (Å²) in [4.78, 5) is 16.5. The van der Waals surface area contributed by atoms with Crippen LogP contribution in [0.15, 0.2) is 73.1 Å². The first-order valence-electron chi connectivity index (χ1n) is 11.8. The normalized spacial score (nSPS) is 13.8. The molecule has 2 aromatic heterocycles. The zero-order valence-corrected chi connectivity index (χ0v) is 20.4. The van der Waals surface area contributed by atoms with Crippen molar-refractivity contribution in [2.24, 2.45) is 0 Å². The van der Waals surface area contributed by atoms with Crippen molar-refractivity contribution in [3.63, 3.8) is 0 Å². The van der Waals surface area contributed by atoms with E-state index < -0.39 is 0 Å². The summed E-state index contributed by atoms with van der Waals surface area (Å²) in [5.74, 6) is 1.22. The van der Waals surface area contributed by atoms with Crippen molar-refractivity contribution in [2.45, 2.75) is 0 Å². The summed E-state index contributed by atoms with van der Waals surface area (Å²) in [7, 11) is 3.45. The smallest absolute Gasteiger partial charge is 0.226 e. The number of morpholine rings is 1. The van der Waals surface area contributed by atoms with E-state index in [4.69, 9.17) is 24.9 Å². The first kappa shape index (κ1) is 23.4. The highest BCUT2D eigenvalue weighted by Gasteiger charge is 2.23. The molecule has 1 aliphatic rings. The minimum atomic E-state index is 0.398. The number of hydrogen-bond acceptors (Lipinski definition) is 8. The van der Waals surface area contributed by atoms with E-state index in [9.17, 15) is 0 Å². The molecule has 1 saturated heterocycles. The highest BCUT2D eigenvalue weighted by Crippen LogP contribution is 2.39. The maximum Gasteiger partial charge on any atom is 0.226 e. The van der Waals surface area contributed by atoms with E-state index >= 15 is 0 Å². The van der Waals surface area contributed by atoms with Crippen LogP contribution in [0.3, 0.4) is 0 Å². The molecule has 0 unspecified atom stereocenters. The lowest BCUT2D eigenvalue weighted by Crippen LogP contribution is -2.37. The molecule has 2 N–H and O–H groups in total. The topological polar surface area (TPSA) is 96.3 Å². The minimum Gasteiger partial charge on any atom is -0.492 e. The van der Waals surface area contributed by atoms with Gasteiger partial charge in [0.05, 0.1) is 31.6 Å². The van der Waals surface area contributed by atoms with Crippen LogP contribution in [-0.2, 0) is 4.74 Å². The predicted molar refractivity (Wildman–Crippen MR) is 143 cm³/mol. The Kier molecular flexibility index (Phi) is 6.86. The van der Waals surface area contributed by atoms with E-state index in [2.05, 4.69) is 21.3 Å². The molecule has 5 rings (SSSR count). The quantitative estimate of drug-likeness (QED) is 0.381. The minimum absolute atomic E-state index is 0.398. The fourth-order valence-corrected chi connectivity index (χ4v) is 4.25. The Morgan fingerprint density at radius 2 is 1.81 bits per heavy atom. The van der Waals surface area contributed by atoms with Crippen LogP contribution in [0, 0.1) is 5.41 Å². The molecule has 0 radical (unpaired) electrons. The van der Waals surface area contributed by atoms with Crippen molar-refractivity contribution in [3.8, 4) is 28.3 Å². The summed E-state index contributed by atoms with van der Waals surface area (Å²) in [6.45, 7) is 2.69. The second kappa shape index (κ2) is 10.5.